The minimum Gasteiger partial charge on any atom is -0.348 e. The predicted octanol–water partition coefficient (Wildman–Crippen LogP) is 4.38. The van der Waals surface area contributed by atoms with Crippen LogP contribution in [0.15, 0.2) is 60.0 Å². The molecular weight excluding hydrogens is 356 g/mol. The number of likely N-dealkylation sites (tertiary alicyclic amines) is 1. The molecule has 0 radical (unpaired) electrons. The number of thiophene rings is 1. The molecule has 1 aliphatic rings. The first-order chi connectivity index (χ1) is 13.1. The molecule has 2 aromatic carbocycles. The van der Waals surface area contributed by atoms with Crippen LogP contribution < -0.4 is 5.32 Å². The van der Waals surface area contributed by atoms with Crippen molar-refractivity contribution in [2.75, 3.05) is 6.54 Å². The summed E-state index contributed by atoms with van der Waals surface area (Å²) in [7, 11) is 0. The number of nitrogens with one attached hydrogen (secondary N) is 1. The Labute approximate surface area is 162 Å². The van der Waals surface area contributed by atoms with Crippen molar-refractivity contribution in [3.8, 4) is 0 Å². The van der Waals surface area contributed by atoms with Gasteiger partial charge in [0.05, 0.1) is 10.9 Å². The molecule has 0 saturated carbocycles. The highest BCUT2D eigenvalue weighted by molar-refractivity contribution is 7.12. The molecule has 27 heavy (non-hydrogen) atoms. The lowest BCUT2D eigenvalue weighted by molar-refractivity contribution is -0.125. The average Bonchev–Trinajstić information content (AvgIpc) is 3.38. The molecule has 1 N–H and O–H groups in total. The fourth-order valence-electron chi connectivity index (χ4n) is 3.84. The second kappa shape index (κ2) is 7.53. The number of carbonyl (C=O) groups is 2. The van der Waals surface area contributed by atoms with Crippen molar-refractivity contribution in [1.29, 1.82) is 0 Å². The number of benzene rings is 2. The van der Waals surface area contributed by atoms with Crippen molar-refractivity contribution in [1.82, 2.24) is 10.2 Å². The first kappa shape index (κ1) is 17.7. The molecule has 1 aromatic heterocycles. The maximum Gasteiger partial charge on any atom is 0.264 e. The number of nitrogens with zero attached hydrogens (tertiary/aromatic N) is 1. The Balaban J connectivity index is 1.52. The zero-order valence-electron chi connectivity index (χ0n) is 15.2. The van der Waals surface area contributed by atoms with E-state index in [1.54, 1.807) is 4.90 Å². The number of amides is 2. The largest absolute Gasteiger partial charge is 0.348 e. The molecule has 1 aliphatic heterocycles. The van der Waals surface area contributed by atoms with Crippen LogP contribution in [0.25, 0.3) is 10.8 Å². The summed E-state index contributed by atoms with van der Waals surface area (Å²) in [6.07, 6.45) is 1.57. The van der Waals surface area contributed by atoms with E-state index in [1.807, 2.05) is 42.6 Å². The highest BCUT2D eigenvalue weighted by Crippen LogP contribution is 2.26. The van der Waals surface area contributed by atoms with E-state index in [0.717, 1.165) is 22.8 Å². The monoisotopic (exact) mass is 378 g/mol. The zero-order chi connectivity index (χ0) is 18.8. The van der Waals surface area contributed by atoms with E-state index in [0.29, 0.717) is 17.8 Å². The van der Waals surface area contributed by atoms with Crippen LogP contribution in [0.5, 0.6) is 0 Å². The quantitative estimate of drug-likeness (QED) is 0.732. The Bertz CT molecular complexity index is 962. The standard InChI is InChI=1S/C22H22N2O2S/c1-15(17-10-4-8-16-7-2-3-9-18(16)17)23-21(25)19-11-5-13-24(19)22(26)20-12-6-14-27-20/h2-4,6-10,12,14-15,19H,5,11,13H2,1H3,(H,23,25)/t15-,19+/m1/s1. The van der Waals surface area contributed by atoms with Crippen LogP contribution in [0.2, 0.25) is 0 Å². The molecule has 0 bridgehead atoms. The van der Waals surface area contributed by atoms with Gasteiger partial charge in [-0.2, -0.15) is 0 Å². The number of hydrogen-bond acceptors (Lipinski definition) is 3. The highest BCUT2D eigenvalue weighted by Gasteiger charge is 2.35. The van der Waals surface area contributed by atoms with Crippen molar-refractivity contribution in [2.45, 2.75) is 31.8 Å². The van der Waals surface area contributed by atoms with Crippen LogP contribution in [0, 0.1) is 0 Å². The molecular formula is C22H22N2O2S. The Morgan fingerprint density at radius 2 is 1.93 bits per heavy atom. The summed E-state index contributed by atoms with van der Waals surface area (Å²) in [6, 6.07) is 17.5. The molecule has 0 spiro atoms. The fourth-order valence-corrected chi connectivity index (χ4v) is 4.52. The van der Waals surface area contributed by atoms with Gasteiger partial charge >= 0.3 is 0 Å². The Kier molecular flexibility index (Phi) is 4.94. The molecule has 2 heterocycles. The van der Waals surface area contributed by atoms with E-state index in [1.165, 1.54) is 11.3 Å². The van der Waals surface area contributed by atoms with Crippen LogP contribution in [-0.4, -0.2) is 29.3 Å². The Hall–Kier alpha value is -2.66. The summed E-state index contributed by atoms with van der Waals surface area (Å²) in [4.78, 5) is 28.1. The second-order valence-corrected chi connectivity index (χ2v) is 7.88. The van der Waals surface area contributed by atoms with E-state index in [4.69, 9.17) is 0 Å². The maximum atomic E-state index is 12.9. The summed E-state index contributed by atoms with van der Waals surface area (Å²) in [5.74, 6) is -0.113. The zero-order valence-corrected chi connectivity index (χ0v) is 16.0. The molecule has 2 amide bonds. The third kappa shape index (κ3) is 3.47. The maximum absolute atomic E-state index is 12.9. The summed E-state index contributed by atoms with van der Waals surface area (Å²) in [6.45, 7) is 2.64. The normalized spacial score (nSPS) is 17.8. The van der Waals surface area contributed by atoms with Crippen molar-refractivity contribution in [3.63, 3.8) is 0 Å². The van der Waals surface area contributed by atoms with Gasteiger partial charge in [-0.15, -0.1) is 11.3 Å². The molecule has 3 aromatic rings. The van der Waals surface area contributed by atoms with Gasteiger partial charge in [-0.25, -0.2) is 0 Å². The van der Waals surface area contributed by atoms with Crippen LogP contribution in [-0.2, 0) is 4.79 Å². The smallest absolute Gasteiger partial charge is 0.264 e. The topological polar surface area (TPSA) is 49.4 Å². The molecule has 1 saturated heterocycles. The highest BCUT2D eigenvalue weighted by atomic mass is 32.1. The summed E-state index contributed by atoms with van der Waals surface area (Å²) in [5, 5.41) is 7.32. The molecule has 0 unspecified atom stereocenters. The van der Waals surface area contributed by atoms with Gasteiger partial charge in [-0.3, -0.25) is 9.59 Å². The van der Waals surface area contributed by atoms with Crippen molar-refractivity contribution in [3.05, 3.63) is 70.4 Å². The second-order valence-electron chi connectivity index (χ2n) is 6.93. The van der Waals surface area contributed by atoms with Crippen molar-refractivity contribution < 1.29 is 9.59 Å². The Morgan fingerprint density at radius 3 is 2.74 bits per heavy atom. The van der Waals surface area contributed by atoms with E-state index < -0.39 is 6.04 Å². The van der Waals surface area contributed by atoms with Crippen molar-refractivity contribution >= 4 is 33.9 Å². The third-order valence-corrected chi connectivity index (χ3v) is 6.05. The minimum absolute atomic E-state index is 0.0412. The lowest BCUT2D eigenvalue weighted by Crippen LogP contribution is -2.46. The molecule has 2 atom stereocenters. The van der Waals surface area contributed by atoms with Crippen LogP contribution in [0.1, 0.15) is 41.0 Å². The first-order valence-electron chi connectivity index (χ1n) is 9.27. The average molecular weight is 378 g/mol. The predicted molar refractivity (Wildman–Crippen MR) is 109 cm³/mol. The molecule has 0 aliphatic carbocycles. The lowest BCUT2D eigenvalue weighted by atomic mass is 9.99. The molecule has 4 rings (SSSR count). The third-order valence-electron chi connectivity index (χ3n) is 5.20. The van der Waals surface area contributed by atoms with Gasteiger partial charge in [0.25, 0.3) is 5.91 Å². The number of hydrogen-bond donors (Lipinski definition) is 1. The van der Waals surface area contributed by atoms with E-state index in [-0.39, 0.29) is 17.9 Å². The molecule has 5 heteroatoms. The Morgan fingerprint density at radius 1 is 1.11 bits per heavy atom. The number of carbonyl (C=O) groups excluding carboxylic acids is 2. The van der Waals surface area contributed by atoms with Gasteiger partial charge in [0.1, 0.15) is 6.04 Å². The fraction of sp³-hybridized carbons (Fsp3) is 0.273. The van der Waals surface area contributed by atoms with Gasteiger partial charge in [0.15, 0.2) is 0 Å². The van der Waals surface area contributed by atoms with Gasteiger partial charge in [0, 0.05) is 6.54 Å². The van der Waals surface area contributed by atoms with Gasteiger partial charge in [-0.1, -0.05) is 48.5 Å². The number of rotatable bonds is 4. The summed E-state index contributed by atoms with van der Waals surface area (Å²) in [5.41, 5.74) is 1.09. The number of fused-ring (bicyclic) bond motifs is 1. The van der Waals surface area contributed by atoms with Gasteiger partial charge in [-0.05, 0) is 47.5 Å². The summed E-state index contributed by atoms with van der Waals surface area (Å²) < 4.78 is 0. The van der Waals surface area contributed by atoms with Gasteiger partial charge in [0.2, 0.25) is 5.91 Å². The van der Waals surface area contributed by atoms with Crippen LogP contribution in [0.3, 0.4) is 0 Å². The molecule has 4 nitrogen and oxygen atoms in total. The molecule has 138 valence electrons. The minimum atomic E-state index is -0.392. The van der Waals surface area contributed by atoms with Crippen LogP contribution in [0.4, 0.5) is 0 Å². The van der Waals surface area contributed by atoms with E-state index in [9.17, 15) is 9.59 Å². The first-order valence-corrected chi connectivity index (χ1v) is 10.2. The van der Waals surface area contributed by atoms with Gasteiger partial charge < -0.3 is 10.2 Å². The van der Waals surface area contributed by atoms with Crippen LogP contribution >= 0.6 is 11.3 Å². The summed E-state index contributed by atoms with van der Waals surface area (Å²) >= 11 is 1.42. The van der Waals surface area contributed by atoms with E-state index >= 15 is 0 Å². The molecule has 1 fully saturated rings. The van der Waals surface area contributed by atoms with E-state index in [2.05, 4.69) is 29.6 Å². The SMILES string of the molecule is C[C@@H](NC(=O)[C@@H]1CCCN1C(=O)c1cccs1)c1cccc2ccccc12. The lowest BCUT2D eigenvalue weighted by Gasteiger charge is -2.25. The van der Waals surface area contributed by atoms with Crippen molar-refractivity contribution in [2.24, 2.45) is 0 Å².